The zero-order valence-electron chi connectivity index (χ0n) is 9.50. The van der Waals surface area contributed by atoms with Crippen molar-refractivity contribution < 1.29 is 5.11 Å². The highest BCUT2D eigenvalue weighted by atomic mass is 35.5. The van der Waals surface area contributed by atoms with Crippen molar-refractivity contribution in [3.63, 3.8) is 0 Å². The number of hydrogen-bond acceptors (Lipinski definition) is 4. The van der Waals surface area contributed by atoms with Crippen molar-refractivity contribution in [3.05, 3.63) is 23.8 Å². The van der Waals surface area contributed by atoms with E-state index in [-0.39, 0.29) is 30.9 Å². The van der Waals surface area contributed by atoms with Crippen molar-refractivity contribution >= 4 is 36.2 Å². The van der Waals surface area contributed by atoms with Gasteiger partial charge >= 0.3 is 0 Å². The van der Waals surface area contributed by atoms with Crippen molar-refractivity contribution in [1.82, 2.24) is 0 Å². The Morgan fingerprint density at radius 2 is 2.06 bits per heavy atom. The molecule has 0 amide bonds. The molecule has 0 spiro atoms. The molecule has 1 aliphatic rings. The van der Waals surface area contributed by atoms with Crippen LogP contribution in [0.4, 0.5) is 11.4 Å². The van der Waals surface area contributed by atoms with Crippen molar-refractivity contribution in [2.45, 2.75) is 19.1 Å². The van der Waals surface area contributed by atoms with Gasteiger partial charge in [-0.25, -0.2) is 0 Å². The smallest absolute Gasteiger partial charge is 0.0731 e. The molecule has 1 aromatic rings. The van der Waals surface area contributed by atoms with E-state index in [0.717, 1.165) is 29.9 Å². The molecule has 0 saturated carbocycles. The number of benzene rings is 1. The number of rotatable bonds is 2. The Bertz CT molecular complexity index is 363. The Morgan fingerprint density at radius 1 is 1.35 bits per heavy atom. The monoisotopic (exact) mass is 279 g/mol. The van der Waals surface area contributed by atoms with Crippen molar-refractivity contribution in [1.29, 1.82) is 0 Å². The summed E-state index contributed by atoms with van der Waals surface area (Å²) in [6.07, 6.45) is 0.631. The highest BCUT2D eigenvalue weighted by Crippen LogP contribution is 2.24. The van der Waals surface area contributed by atoms with Gasteiger partial charge in [-0.1, -0.05) is 0 Å². The molecular formula is C11H19Cl2N3O. The van der Waals surface area contributed by atoms with Gasteiger partial charge < -0.3 is 21.5 Å². The summed E-state index contributed by atoms with van der Waals surface area (Å²) in [4.78, 5) is 2.16. The molecule has 1 heterocycles. The van der Waals surface area contributed by atoms with Gasteiger partial charge in [-0.05, 0) is 30.2 Å². The molecule has 0 aromatic heterocycles. The molecule has 17 heavy (non-hydrogen) atoms. The lowest BCUT2D eigenvalue weighted by Crippen LogP contribution is -2.21. The Morgan fingerprint density at radius 3 is 2.59 bits per heavy atom. The quantitative estimate of drug-likeness (QED) is 0.710. The number of β-amino-alcohol motifs (C(OH)–C–C–N with tert-alkyl or cyclic N) is 1. The van der Waals surface area contributed by atoms with E-state index in [1.165, 1.54) is 0 Å². The molecule has 1 aliphatic heterocycles. The minimum atomic E-state index is -0.205. The van der Waals surface area contributed by atoms with E-state index in [4.69, 9.17) is 11.5 Å². The van der Waals surface area contributed by atoms with Gasteiger partial charge in [-0.15, -0.1) is 24.8 Å². The van der Waals surface area contributed by atoms with Crippen LogP contribution in [0.1, 0.15) is 12.0 Å². The molecule has 98 valence electrons. The zero-order valence-corrected chi connectivity index (χ0v) is 11.1. The second-order valence-electron chi connectivity index (χ2n) is 3.98. The predicted molar refractivity (Wildman–Crippen MR) is 76.1 cm³/mol. The van der Waals surface area contributed by atoms with Crippen LogP contribution in [0.5, 0.6) is 0 Å². The van der Waals surface area contributed by atoms with Crippen LogP contribution in [0.3, 0.4) is 0 Å². The summed E-state index contributed by atoms with van der Waals surface area (Å²) in [6, 6.07) is 5.86. The minimum absolute atomic E-state index is 0. The highest BCUT2D eigenvalue weighted by Gasteiger charge is 2.20. The lowest BCUT2D eigenvalue weighted by Gasteiger charge is -2.19. The number of aliphatic hydroxyl groups excluding tert-OH is 1. The van der Waals surface area contributed by atoms with E-state index in [2.05, 4.69) is 4.90 Å². The number of anilines is 2. The van der Waals surface area contributed by atoms with E-state index >= 15 is 0 Å². The van der Waals surface area contributed by atoms with Crippen LogP contribution in [0.2, 0.25) is 0 Å². The van der Waals surface area contributed by atoms with Gasteiger partial charge in [0.2, 0.25) is 0 Å². The molecule has 1 aromatic carbocycles. The summed E-state index contributed by atoms with van der Waals surface area (Å²) >= 11 is 0. The fourth-order valence-electron chi connectivity index (χ4n) is 1.94. The van der Waals surface area contributed by atoms with Gasteiger partial charge in [0.1, 0.15) is 0 Å². The van der Waals surface area contributed by atoms with Crippen LogP contribution in [0.15, 0.2) is 18.2 Å². The average Bonchev–Trinajstić information content (AvgIpc) is 2.66. The Labute approximate surface area is 114 Å². The Hall–Kier alpha value is -0.680. The molecule has 2 rings (SSSR count). The number of aliphatic hydroxyl groups is 1. The van der Waals surface area contributed by atoms with Crippen molar-refractivity contribution in [3.8, 4) is 0 Å². The van der Waals surface area contributed by atoms with E-state index in [1.807, 2.05) is 18.2 Å². The van der Waals surface area contributed by atoms with Gasteiger partial charge in [0, 0.05) is 31.0 Å². The van der Waals surface area contributed by atoms with Crippen LogP contribution in [-0.2, 0) is 6.54 Å². The van der Waals surface area contributed by atoms with E-state index in [9.17, 15) is 5.11 Å². The fraction of sp³-hybridized carbons (Fsp3) is 0.455. The molecule has 4 nitrogen and oxygen atoms in total. The molecular weight excluding hydrogens is 261 g/mol. The third-order valence-corrected chi connectivity index (χ3v) is 2.87. The highest BCUT2D eigenvalue weighted by molar-refractivity contribution is 5.85. The largest absolute Gasteiger partial charge is 0.398 e. The number of nitrogens with zero attached hydrogens (tertiary/aromatic N) is 1. The van der Waals surface area contributed by atoms with Gasteiger partial charge in [0.05, 0.1) is 6.10 Å². The first kappa shape index (κ1) is 16.3. The molecule has 0 aliphatic carbocycles. The summed E-state index contributed by atoms with van der Waals surface area (Å²) in [5, 5.41) is 9.45. The van der Waals surface area contributed by atoms with Crippen molar-refractivity contribution in [2.24, 2.45) is 5.73 Å². The van der Waals surface area contributed by atoms with E-state index in [1.54, 1.807) is 0 Å². The molecule has 0 bridgehead atoms. The first-order valence-corrected chi connectivity index (χ1v) is 5.22. The van der Waals surface area contributed by atoms with Gasteiger partial charge in [-0.2, -0.15) is 0 Å². The second kappa shape index (κ2) is 6.91. The Balaban J connectivity index is 0.00000128. The molecule has 1 saturated heterocycles. The topological polar surface area (TPSA) is 75.5 Å². The van der Waals surface area contributed by atoms with E-state index in [0.29, 0.717) is 13.1 Å². The van der Waals surface area contributed by atoms with Gasteiger partial charge in [-0.3, -0.25) is 0 Å². The molecule has 6 heteroatoms. The third kappa shape index (κ3) is 3.64. The molecule has 5 N–H and O–H groups in total. The summed E-state index contributed by atoms with van der Waals surface area (Å²) in [5.41, 5.74) is 14.2. The fourth-order valence-corrected chi connectivity index (χ4v) is 1.94. The summed E-state index contributed by atoms with van der Waals surface area (Å²) in [6.45, 7) is 2.05. The summed E-state index contributed by atoms with van der Waals surface area (Å²) in [5.74, 6) is 0. The average molecular weight is 280 g/mol. The van der Waals surface area contributed by atoms with Gasteiger partial charge in [0.25, 0.3) is 0 Å². The van der Waals surface area contributed by atoms with Crippen molar-refractivity contribution in [2.75, 3.05) is 23.7 Å². The maximum Gasteiger partial charge on any atom is 0.0731 e. The summed E-state index contributed by atoms with van der Waals surface area (Å²) < 4.78 is 0. The maximum absolute atomic E-state index is 9.45. The number of hydrogen-bond donors (Lipinski definition) is 3. The van der Waals surface area contributed by atoms with Crippen LogP contribution in [-0.4, -0.2) is 24.3 Å². The lowest BCUT2D eigenvalue weighted by molar-refractivity contribution is 0.198. The lowest BCUT2D eigenvalue weighted by atomic mass is 10.1. The Kier molecular flexibility index (Phi) is 6.64. The van der Waals surface area contributed by atoms with Crippen LogP contribution in [0, 0.1) is 0 Å². The van der Waals surface area contributed by atoms with Crippen LogP contribution >= 0.6 is 24.8 Å². The molecule has 0 radical (unpaired) electrons. The minimum Gasteiger partial charge on any atom is -0.398 e. The SMILES string of the molecule is Cl.Cl.NCc1cc(N2CCC(O)C2)ccc1N. The zero-order chi connectivity index (χ0) is 10.8. The van der Waals surface area contributed by atoms with Crippen LogP contribution < -0.4 is 16.4 Å². The second-order valence-corrected chi connectivity index (χ2v) is 3.98. The molecule has 1 fully saturated rings. The van der Waals surface area contributed by atoms with Gasteiger partial charge in [0.15, 0.2) is 0 Å². The first-order valence-electron chi connectivity index (χ1n) is 5.22. The number of nitrogens with two attached hydrogens (primary N) is 2. The molecule has 1 unspecified atom stereocenters. The van der Waals surface area contributed by atoms with E-state index < -0.39 is 0 Å². The standard InChI is InChI=1S/C11H17N3O.2ClH/c12-6-8-5-9(1-2-11(8)13)14-4-3-10(15)7-14;;/h1-2,5,10,15H,3-4,6-7,12-13H2;2*1H. The first-order chi connectivity index (χ1) is 7.20. The van der Waals surface area contributed by atoms with Crippen LogP contribution in [0.25, 0.3) is 0 Å². The normalized spacial score (nSPS) is 18.5. The molecule has 1 atom stereocenters. The predicted octanol–water partition coefficient (Wildman–Crippen LogP) is 1.14. The maximum atomic E-state index is 9.45. The number of halogens is 2. The third-order valence-electron chi connectivity index (χ3n) is 2.87. The summed E-state index contributed by atoms with van der Waals surface area (Å²) in [7, 11) is 0. The number of nitrogen functional groups attached to an aromatic ring is 1.